The van der Waals surface area contributed by atoms with Gasteiger partial charge in [0.15, 0.2) is 9.84 Å². The molecule has 0 aliphatic carbocycles. The second-order valence-corrected chi connectivity index (χ2v) is 6.47. The maximum atomic E-state index is 11.4. The second-order valence-electron chi connectivity index (χ2n) is 4.16. The quantitative estimate of drug-likeness (QED) is 0.375. The van der Waals surface area contributed by atoms with Crippen molar-refractivity contribution in [1.29, 1.82) is 0 Å². The van der Waals surface area contributed by atoms with Gasteiger partial charge in [-0.3, -0.25) is 15.1 Å². The molecule has 1 aliphatic heterocycles. The fraction of sp³-hybridized carbons (Fsp3) is 0.889. The molecule has 6 nitrogen and oxygen atoms in total. The fourth-order valence-electron chi connectivity index (χ4n) is 1.85. The summed E-state index contributed by atoms with van der Waals surface area (Å²) in [7, 11) is -2.89. The number of hydrogen-bond donors (Lipinski definition) is 2. The van der Waals surface area contributed by atoms with Gasteiger partial charge >= 0.3 is 0 Å². The molecule has 0 saturated carbocycles. The molecule has 1 atom stereocenters. The lowest BCUT2D eigenvalue weighted by Gasteiger charge is -2.26. The molecule has 0 aromatic rings. The van der Waals surface area contributed by atoms with E-state index >= 15 is 0 Å². The van der Waals surface area contributed by atoms with Gasteiger partial charge in [-0.15, -0.1) is 0 Å². The van der Waals surface area contributed by atoms with Crippen molar-refractivity contribution in [1.82, 2.24) is 10.3 Å². The molecule has 1 saturated heterocycles. The van der Waals surface area contributed by atoms with Crippen LogP contribution in [0.5, 0.6) is 0 Å². The third-order valence-electron chi connectivity index (χ3n) is 2.86. The van der Waals surface area contributed by atoms with Gasteiger partial charge in [0, 0.05) is 19.0 Å². The zero-order chi connectivity index (χ0) is 12.2. The Morgan fingerprint density at radius 3 is 2.75 bits per heavy atom. The molecule has 1 unspecified atom stereocenters. The van der Waals surface area contributed by atoms with Gasteiger partial charge in [0.25, 0.3) is 0 Å². The van der Waals surface area contributed by atoms with Crippen molar-refractivity contribution in [2.45, 2.75) is 25.8 Å². The number of nitrogens with one attached hydrogen (secondary N) is 1. The van der Waals surface area contributed by atoms with Crippen LogP contribution in [0.25, 0.3) is 0 Å². The van der Waals surface area contributed by atoms with E-state index in [0.29, 0.717) is 19.4 Å². The van der Waals surface area contributed by atoms with Gasteiger partial charge in [0.1, 0.15) is 0 Å². The Morgan fingerprint density at radius 2 is 2.12 bits per heavy atom. The molecule has 0 aromatic carbocycles. The van der Waals surface area contributed by atoms with Gasteiger partial charge < -0.3 is 0 Å². The molecule has 1 rings (SSSR count). The van der Waals surface area contributed by atoms with E-state index in [1.165, 1.54) is 0 Å². The van der Waals surface area contributed by atoms with Gasteiger partial charge in [-0.1, -0.05) is 0 Å². The van der Waals surface area contributed by atoms with Gasteiger partial charge in [0.05, 0.1) is 11.5 Å². The van der Waals surface area contributed by atoms with Crippen LogP contribution in [-0.2, 0) is 14.6 Å². The monoisotopic (exact) mass is 249 g/mol. The van der Waals surface area contributed by atoms with Crippen molar-refractivity contribution >= 4 is 15.7 Å². The molecule has 0 spiro atoms. The first-order valence-corrected chi connectivity index (χ1v) is 7.20. The van der Waals surface area contributed by atoms with Gasteiger partial charge in [-0.25, -0.2) is 14.3 Å². The third kappa shape index (κ3) is 4.07. The molecular formula is C9H19N3O3S. The Hall–Kier alpha value is -0.660. The summed E-state index contributed by atoms with van der Waals surface area (Å²) in [4.78, 5) is 13.1. The predicted molar refractivity (Wildman–Crippen MR) is 61.3 cm³/mol. The van der Waals surface area contributed by atoms with Crippen molar-refractivity contribution in [2.24, 2.45) is 5.84 Å². The highest BCUT2D eigenvalue weighted by molar-refractivity contribution is 7.91. The molecule has 1 amide bonds. The zero-order valence-electron chi connectivity index (χ0n) is 9.48. The number of sulfone groups is 1. The highest BCUT2D eigenvalue weighted by Crippen LogP contribution is 2.10. The summed E-state index contributed by atoms with van der Waals surface area (Å²) < 4.78 is 22.8. The Bertz CT molecular complexity index is 342. The number of nitrogens with zero attached hydrogens (tertiary/aromatic N) is 1. The van der Waals surface area contributed by atoms with Crippen molar-refractivity contribution in [3.63, 3.8) is 0 Å². The van der Waals surface area contributed by atoms with Crippen LogP contribution in [0.4, 0.5) is 0 Å². The Balaban J connectivity index is 2.51. The molecule has 0 bridgehead atoms. The van der Waals surface area contributed by atoms with E-state index in [0.717, 1.165) is 6.54 Å². The van der Waals surface area contributed by atoms with Crippen LogP contribution >= 0.6 is 0 Å². The third-order valence-corrected chi connectivity index (χ3v) is 4.57. The van der Waals surface area contributed by atoms with E-state index in [1.54, 1.807) is 0 Å². The van der Waals surface area contributed by atoms with E-state index in [4.69, 9.17) is 5.84 Å². The van der Waals surface area contributed by atoms with Crippen LogP contribution < -0.4 is 11.3 Å². The van der Waals surface area contributed by atoms with Crippen LogP contribution in [0.1, 0.15) is 19.8 Å². The molecule has 7 heteroatoms. The summed E-state index contributed by atoms with van der Waals surface area (Å²) >= 11 is 0. The molecule has 3 N–H and O–H groups in total. The minimum atomic E-state index is -2.89. The topological polar surface area (TPSA) is 92.5 Å². The second kappa shape index (κ2) is 5.60. The van der Waals surface area contributed by atoms with E-state index in [9.17, 15) is 13.2 Å². The van der Waals surface area contributed by atoms with Crippen molar-refractivity contribution in [2.75, 3.05) is 24.6 Å². The van der Waals surface area contributed by atoms with Crippen LogP contribution in [0, 0.1) is 0 Å². The van der Waals surface area contributed by atoms with Crippen molar-refractivity contribution in [3.8, 4) is 0 Å². The number of carbonyl (C=O) groups excluding carboxylic acids is 1. The minimum absolute atomic E-state index is 0.0249. The van der Waals surface area contributed by atoms with Crippen LogP contribution in [0.2, 0.25) is 0 Å². The lowest BCUT2D eigenvalue weighted by atomic mass is 10.2. The minimum Gasteiger partial charge on any atom is -0.299 e. The Labute approximate surface area is 96.1 Å². The van der Waals surface area contributed by atoms with Gasteiger partial charge in [-0.2, -0.15) is 0 Å². The molecule has 16 heavy (non-hydrogen) atoms. The van der Waals surface area contributed by atoms with Gasteiger partial charge in [0.2, 0.25) is 5.91 Å². The first-order valence-electron chi connectivity index (χ1n) is 5.38. The largest absolute Gasteiger partial charge is 0.299 e. The van der Waals surface area contributed by atoms with Crippen molar-refractivity contribution in [3.05, 3.63) is 0 Å². The van der Waals surface area contributed by atoms with Crippen LogP contribution in [0.15, 0.2) is 0 Å². The summed E-state index contributed by atoms with van der Waals surface area (Å²) in [6, 6.07) is 0.0249. The van der Waals surface area contributed by atoms with Crippen molar-refractivity contribution < 1.29 is 13.2 Å². The van der Waals surface area contributed by atoms with Crippen LogP contribution in [0.3, 0.4) is 0 Å². The maximum absolute atomic E-state index is 11.4. The van der Waals surface area contributed by atoms with Crippen LogP contribution in [-0.4, -0.2) is 49.9 Å². The molecule has 1 fully saturated rings. The lowest BCUT2D eigenvalue weighted by Crippen LogP contribution is -2.40. The summed E-state index contributed by atoms with van der Waals surface area (Å²) in [5.41, 5.74) is 2.08. The summed E-state index contributed by atoms with van der Waals surface area (Å²) in [5.74, 6) is 5.22. The smallest absolute Gasteiger partial charge is 0.235 e. The molecule has 0 aromatic heterocycles. The van der Waals surface area contributed by atoms with E-state index in [1.807, 2.05) is 11.8 Å². The predicted octanol–water partition coefficient (Wildman–Crippen LogP) is -1.12. The van der Waals surface area contributed by atoms with E-state index < -0.39 is 9.84 Å². The zero-order valence-corrected chi connectivity index (χ0v) is 10.3. The molecular weight excluding hydrogens is 230 g/mol. The van der Waals surface area contributed by atoms with E-state index in [2.05, 4.69) is 5.43 Å². The normalized spacial score (nSPS) is 23.4. The fourth-order valence-corrected chi connectivity index (χ4v) is 3.14. The SMILES string of the molecule is CC(CC(=O)NN)N1CCCS(=O)(=O)CC1. The first kappa shape index (κ1) is 13.4. The average Bonchev–Trinajstić information content (AvgIpc) is 2.39. The number of nitrogens with two attached hydrogens (primary N) is 1. The highest BCUT2D eigenvalue weighted by atomic mass is 32.2. The van der Waals surface area contributed by atoms with E-state index in [-0.39, 0.29) is 23.5 Å². The molecule has 0 radical (unpaired) electrons. The Morgan fingerprint density at radius 1 is 1.44 bits per heavy atom. The maximum Gasteiger partial charge on any atom is 0.235 e. The summed E-state index contributed by atoms with van der Waals surface area (Å²) in [6.45, 7) is 3.13. The van der Waals surface area contributed by atoms with Gasteiger partial charge in [-0.05, 0) is 19.9 Å². The number of carbonyl (C=O) groups is 1. The summed E-state index contributed by atoms with van der Waals surface area (Å²) in [6.07, 6.45) is 0.938. The number of hydrazine groups is 1. The lowest BCUT2D eigenvalue weighted by molar-refractivity contribution is -0.122. The molecule has 1 heterocycles. The average molecular weight is 249 g/mol. The molecule has 1 aliphatic rings. The number of rotatable bonds is 3. The Kier molecular flexibility index (Phi) is 4.69. The molecule has 94 valence electrons. The first-order chi connectivity index (χ1) is 7.44. The summed E-state index contributed by atoms with van der Waals surface area (Å²) in [5, 5.41) is 0. The standard InChI is InChI=1S/C9H19N3O3S/c1-8(7-9(13)11-10)12-3-2-5-16(14,15)6-4-12/h8H,2-7,10H2,1H3,(H,11,13). The number of hydrogen-bond acceptors (Lipinski definition) is 5. The highest BCUT2D eigenvalue weighted by Gasteiger charge is 2.23. The number of amides is 1.